The van der Waals surface area contributed by atoms with Crippen molar-refractivity contribution in [1.82, 2.24) is 24.4 Å². The van der Waals surface area contributed by atoms with Crippen molar-refractivity contribution in [2.24, 2.45) is 0 Å². The molecule has 2 aromatic rings. The maximum Gasteiger partial charge on any atom is 0.260 e. The zero-order valence-electron chi connectivity index (χ0n) is 12.1. The first-order chi connectivity index (χ1) is 10.6. The van der Waals surface area contributed by atoms with Gasteiger partial charge in [0.25, 0.3) is 15.9 Å². The van der Waals surface area contributed by atoms with Gasteiger partial charge in [0.15, 0.2) is 10.9 Å². The summed E-state index contributed by atoms with van der Waals surface area (Å²) in [6, 6.07) is 0. The number of H-pyrrole nitrogens is 1. The summed E-state index contributed by atoms with van der Waals surface area (Å²) >= 11 is 0. The molecule has 120 valence electrons. The zero-order chi connectivity index (χ0) is 15.6. The van der Waals surface area contributed by atoms with Gasteiger partial charge in [0, 0.05) is 13.1 Å². The maximum atomic E-state index is 12.4. The molecule has 0 aliphatic carbocycles. The van der Waals surface area contributed by atoms with E-state index in [1.165, 1.54) is 16.8 Å². The van der Waals surface area contributed by atoms with Crippen molar-refractivity contribution in [3.8, 4) is 0 Å². The number of hydrogen-bond acceptors (Lipinski definition) is 7. The lowest BCUT2D eigenvalue weighted by Crippen LogP contribution is -2.43. The Morgan fingerprint density at radius 1 is 1.55 bits per heavy atom. The molecule has 3 rings (SSSR count). The molecule has 0 aromatic carbocycles. The number of ether oxygens (including phenoxy) is 1. The maximum absolute atomic E-state index is 12.4. The minimum Gasteiger partial charge on any atom is -0.367 e. The van der Waals surface area contributed by atoms with Gasteiger partial charge in [0.2, 0.25) is 0 Å². The van der Waals surface area contributed by atoms with Gasteiger partial charge < -0.3 is 14.2 Å². The molecule has 1 fully saturated rings. The average molecular weight is 327 g/mol. The average Bonchev–Trinajstić information content (AvgIpc) is 3.17. The molecule has 0 spiro atoms. The van der Waals surface area contributed by atoms with E-state index in [0.717, 1.165) is 12.8 Å². The number of sulfonamides is 1. The van der Waals surface area contributed by atoms with Crippen LogP contribution in [0.15, 0.2) is 22.1 Å². The number of hydrogen-bond donors (Lipinski definition) is 1. The first-order valence-electron chi connectivity index (χ1n) is 6.95. The van der Waals surface area contributed by atoms with E-state index in [0.29, 0.717) is 24.8 Å². The quantitative estimate of drug-likeness (QED) is 0.849. The number of rotatable bonds is 5. The van der Waals surface area contributed by atoms with Crippen molar-refractivity contribution in [2.75, 3.05) is 13.1 Å². The van der Waals surface area contributed by atoms with Gasteiger partial charge in [-0.15, -0.1) is 0 Å². The van der Waals surface area contributed by atoms with Crippen molar-refractivity contribution in [1.29, 1.82) is 0 Å². The van der Waals surface area contributed by atoms with E-state index in [1.807, 2.05) is 0 Å². The molecule has 1 atom stereocenters. The standard InChI is InChI=1S/C12H17N5O4S/c1-9-15-11(21-16-9)7-20-10-3-2-4-17(6-10)22(18,19)12-5-13-8-14-12/h5,8,10H,2-4,6-7H2,1H3,(H,13,14). The molecule has 10 heteroatoms. The second-order valence-electron chi connectivity index (χ2n) is 5.09. The number of aryl methyl sites for hydroxylation is 1. The SMILES string of the molecule is Cc1noc(COC2CCCN(S(=O)(=O)c3cnc[nH]3)C2)n1. The zero-order valence-corrected chi connectivity index (χ0v) is 12.9. The van der Waals surface area contributed by atoms with Gasteiger partial charge in [-0.1, -0.05) is 5.16 Å². The number of nitrogens with one attached hydrogen (secondary N) is 1. The lowest BCUT2D eigenvalue weighted by atomic mass is 10.1. The highest BCUT2D eigenvalue weighted by atomic mass is 32.2. The molecule has 0 radical (unpaired) electrons. The van der Waals surface area contributed by atoms with Crippen LogP contribution in [0.1, 0.15) is 24.6 Å². The normalized spacial score (nSPS) is 20.3. The van der Waals surface area contributed by atoms with Crippen molar-refractivity contribution >= 4 is 10.0 Å². The number of aromatic nitrogens is 4. The highest BCUT2D eigenvalue weighted by molar-refractivity contribution is 7.89. The van der Waals surface area contributed by atoms with Crippen LogP contribution in [0.4, 0.5) is 0 Å². The summed E-state index contributed by atoms with van der Waals surface area (Å²) in [6.07, 6.45) is 3.99. The Morgan fingerprint density at radius 3 is 3.09 bits per heavy atom. The van der Waals surface area contributed by atoms with Gasteiger partial charge in [-0.25, -0.2) is 13.4 Å². The summed E-state index contributed by atoms with van der Waals surface area (Å²) in [5.74, 6) is 0.941. The van der Waals surface area contributed by atoms with E-state index in [2.05, 4.69) is 20.1 Å². The summed E-state index contributed by atoms with van der Waals surface area (Å²) in [5, 5.41) is 3.78. The molecule has 3 heterocycles. The molecule has 1 unspecified atom stereocenters. The second kappa shape index (κ2) is 6.15. The fraction of sp³-hybridized carbons (Fsp3) is 0.583. The summed E-state index contributed by atoms with van der Waals surface area (Å²) < 4.78 is 36.9. The van der Waals surface area contributed by atoms with Crippen LogP contribution in [0.2, 0.25) is 0 Å². The summed E-state index contributed by atoms with van der Waals surface area (Å²) in [6.45, 7) is 2.69. The predicted molar refractivity (Wildman–Crippen MR) is 74.2 cm³/mol. The van der Waals surface area contributed by atoms with Gasteiger partial charge in [-0.2, -0.15) is 9.29 Å². The van der Waals surface area contributed by atoms with Crippen LogP contribution >= 0.6 is 0 Å². The molecule has 0 bridgehead atoms. The van der Waals surface area contributed by atoms with Gasteiger partial charge in [-0.3, -0.25) is 0 Å². The molecule has 0 amide bonds. The van der Waals surface area contributed by atoms with Gasteiger partial charge in [-0.05, 0) is 19.8 Å². The van der Waals surface area contributed by atoms with Crippen molar-refractivity contribution < 1.29 is 17.7 Å². The number of piperidine rings is 1. The van der Waals surface area contributed by atoms with Crippen molar-refractivity contribution in [3.05, 3.63) is 24.2 Å². The van der Waals surface area contributed by atoms with E-state index >= 15 is 0 Å². The molecule has 1 aliphatic heterocycles. The number of nitrogens with zero attached hydrogens (tertiary/aromatic N) is 4. The Bertz CT molecular complexity index is 712. The lowest BCUT2D eigenvalue weighted by Gasteiger charge is -2.31. The highest BCUT2D eigenvalue weighted by Gasteiger charge is 2.31. The van der Waals surface area contributed by atoms with Crippen LogP contribution in [0.3, 0.4) is 0 Å². The van der Waals surface area contributed by atoms with E-state index in [-0.39, 0.29) is 17.7 Å². The molecule has 2 aromatic heterocycles. The fourth-order valence-electron chi connectivity index (χ4n) is 2.37. The van der Waals surface area contributed by atoms with E-state index < -0.39 is 10.0 Å². The van der Waals surface area contributed by atoms with Crippen LogP contribution in [-0.4, -0.2) is 52.0 Å². The van der Waals surface area contributed by atoms with Gasteiger partial charge in [0.05, 0.1) is 18.6 Å². The largest absolute Gasteiger partial charge is 0.367 e. The second-order valence-corrected chi connectivity index (χ2v) is 7.00. The summed E-state index contributed by atoms with van der Waals surface area (Å²) in [7, 11) is -3.55. The molecular formula is C12H17N5O4S. The minimum atomic E-state index is -3.55. The van der Waals surface area contributed by atoms with Gasteiger partial charge >= 0.3 is 0 Å². The Morgan fingerprint density at radius 2 is 2.41 bits per heavy atom. The highest BCUT2D eigenvalue weighted by Crippen LogP contribution is 2.21. The minimum absolute atomic E-state index is 0.0978. The van der Waals surface area contributed by atoms with Crippen LogP contribution in [0.25, 0.3) is 0 Å². The molecule has 9 nitrogen and oxygen atoms in total. The van der Waals surface area contributed by atoms with Crippen LogP contribution in [0.5, 0.6) is 0 Å². The molecule has 22 heavy (non-hydrogen) atoms. The third-order valence-electron chi connectivity index (χ3n) is 3.44. The first-order valence-corrected chi connectivity index (χ1v) is 8.39. The van der Waals surface area contributed by atoms with Crippen LogP contribution in [0, 0.1) is 6.92 Å². The molecular weight excluding hydrogens is 310 g/mol. The number of imidazole rings is 1. The fourth-order valence-corrected chi connectivity index (χ4v) is 3.78. The molecule has 1 saturated heterocycles. The van der Waals surface area contributed by atoms with E-state index in [9.17, 15) is 8.42 Å². The Balaban J connectivity index is 1.62. The Labute approximate surface area is 127 Å². The third kappa shape index (κ3) is 3.18. The van der Waals surface area contributed by atoms with Crippen molar-refractivity contribution in [3.63, 3.8) is 0 Å². The Hall–Kier alpha value is -1.78. The third-order valence-corrected chi connectivity index (χ3v) is 5.23. The first kappa shape index (κ1) is 15.1. The molecule has 1 aliphatic rings. The summed E-state index contributed by atoms with van der Waals surface area (Å²) in [4.78, 5) is 10.5. The summed E-state index contributed by atoms with van der Waals surface area (Å²) in [5.41, 5.74) is 0. The van der Waals surface area contributed by atoms with Gasteiger partial charge in [0.1, 0.15) is 6.61 Å². The van der Waals surface area contributed by atoms with Crippen LogP contribution < -0.4 is 0 Å². The lowest BCUT2D eigenvalue weighted by molar-refractivity contribution is -0.00299. The van der Waals surface area contributed by atoms with E-state index in [4.69, 9.17) is 9.26 Å². The topological polar surface area (TPSA) is 114 Å². The van der Waals surface area contributed by atoms with Crippen LogP contribution in [-0.2, 0) is 21.4 Å². The monoisotopic (exact) mass is 327 g/mol. The molecule has 1 N–H and O–H groups in total. The van der Waals surface area contributed by atoms with E-state index in [1.54, 1.807) is 6.92 Å². The predicted octanol–water partition coefficient (Wildman–Crippen LogP) is 0.471. The Kier molecular flexibility index (Phi) is 4.23. The van der Waals surface area contributed by atoms with Crippen molar-refractivity contribution in [2.45, 2.75) is 37.5 Å². The number of aromatic amines is 1. The molecule has 0 saturated carbocycles. The smallest absolute Gasteiger partial charge is 0.260 e.